The molecule has 0 saturated carbocycles. The highest BCUT2D eigenvalue weighted by molar-refractivity contribution is 5.93. The van der Waals surface area contributed by atoms with Gasteiger partial charge in [0.05, 0.1) is 13.2 Å². The number of hydrogen-bond donors (Lipinski definition) is 2. The van der Waals surface area contributed by atoms with Crippen molar-refractivity contribution in [3.63, 3.8) is 0 Å². The van der Waals surface area contributed by atoms with Gasteiger partial charge in [-0.3, -0.25) is 4.79 Å². The second-order valence-electron chi connectivity index (χ2n) is 7.53. The van der Waals surface area contributed by atoms with Crippen LogP contribution in [0.3, 0.4) is 0 Å². The first kappa shape index (κ1) is 20.5. The van der Waals surface area contributed by atoms with E-state index in [-0.39, 0.29) is 18.0 Å². The molecule has 0 saturated heterocycles. The van der Waals surface area contributed by atoms with Gasteiger partial charge >= 0.3 is 6.03 Å². The SMILES string of the molecule is COc1ccc(CNC(=O)NCC2Cn3cccc3C(=O)N2Cc2ccccc2)cc1. The Kier molecular flexibility index (Phi) is 6.21. The molecule has 7 nitrogen and oxygen atoms in total. The standard InChI is InChI=1S/C24H26N4O3/c1-31-21-11-9-18(10-12-21)14-25-24(30)26-15-20-17-27-13-5-8-22(27)23(29)28(20)16-19-6-3-2-4-7-19/h2-13,20H,14-17H2,1H3,(H2,25,26,30). The molecule has 1 unspecified atom stereocenters. The summed E-state index contributed by atoms with van der Waals surface area (Å²) in [6.07, 6.45) is 1.91. The number of carbonyl (C=O) groups excluding carboxylic acids is 2. The molecule has 31 heavy (non-hydrogen) atoms. The molecular weight excluding hydrogens is 392 g/mol. The fourth-order valence-electron chi connectivity index (χ4n) is 3.76. The molecule has 1 aliphatic heterocycles. The number of rotatable bonds is 7. The fourth-order valence-corrected chi connectivity index (χ4v) is 3.76. The van der Waals surface area contributed by atoms with Gasteiger partial charge in [-0.25, -0.2) is 4.79 Å². The van der Waals surface area contributed by atoms with Crippen molar-refractivity contribution in [1.82, 2.24) is 20.1 Å². The molecule has 0 aliphatic carbocycles. The average molecular weight is 418 g/mol. The maximum absolute atomic E-state index is 13.1. The molecule has 0 bridgehead atoms. The third-order valence-electron chi connectivity index (χ3n) is 5.46. The third kappa shape index (κ3) is 4.88. The molecular formula is C24H26N4O3. The van der Waals surface area contributed by atoms with Crippen LogP contribution in [0.5, 0.6) is 5.75 Å². The van der Waals surface area contributed by atoms with Crippen LogP contribution >= 0.6 is 0 Å². The number of amides is 3. The molecule has 160 valence electrons. The van der Waals surface area contributed by atoms with Gasteiger partial charge in [0.15, 0.2) is 0 Å². The van der Waals surface area contributed by atoms with E-state index in [0.29, 0.717) is 31.9 Å². The number of benzene rings is 2. The average Bonchev–Trinajstić information content (AvgIpc) is 3.28. The van der Waals surface area contributed by atoms with Gasteiger partial charge in [-0.2, -0.15) is 0 Å². The number of methoxy groups -OCH3 is 1. The highest BCUT2D eigenvalue weighted by Crippen LogP contribution is 2.20. The second kappa shape index (κ2) is 9.38. The van der Waals surface area contributed by atoms with Crippen LogP contribution in [0.25, 0.3) is 0 Å². The Morgan fingerprint density at radius 2 is 1.77 bits per heavy atom. The summed E-state index contributed by atoms with van der Waals surface area (Å²) in [5, 5.41) is 5.79. The molecule has 2 heterocycles. The Morgan fingerprint density at radius 1 is 1.00 bits per heavy atom. The van der Waals surface area contributed by atoms with Crippen molar-refractivity contribution in [1.29, 1.82) is 0 Å². The minimum Gasteiger partial charge on any atom is -0.497 e. The Labute approximate surface area is 181 Å². The predicted octanol–water partition coefficient (Wildman–Crippen LogP) is 3.02. The van der Waals surface area contributed by atoms with Crippen LogP contribution in [0.1, 0.15) is 21.6 Å². The lowest BCUT2D eigenvalue weighted by molar-refractivity contribution is 0.0574. The normalized spacial score (nSPS) is 15.3. The van der Waals surface area contributed by atoms with Crippen molar-refractivity contribution < 1.29 is 14.3 Å². The molecule has 3 aromatic rings. The fraction of sp³-hybridized carbons (Fsp3) is 0.250. The number of carbonyl (C=O) groups is 2. The van der Waals surface area contributed by atoms with Crippen molar-refractivity contribution >= 4 is 11.9 Å². The second-order valence-corrected chi connectivity index (χ2v) is 7.53. The largest absolute Gasteiger partial charge is 0.497 e. The van der Waals surface area contributed by atoms with E-state index in [0.717, 1.165) is 16.9 Å². The van der Waals surface area contributed by atoms with E-state index in [2.05, 4.69) is 10.6 Å². The molecule has 1 aromatic heterocycles. The highest BCUT2D eigenvalue weighted by atomic mass is 16.5. The van der Waals surface area contributed by atoms with Gasteiger partial charge in [0, 0.05) is 32.4 Å². The van der Waals surface area contributed by atoms with Gasteiger partial charge in [0.2, 0.25) is 0 Å². The molecule has 2 aromatic carbocycles. The van der Waals surface area contributed by atoms with Gasteiger partial charge in [0.1, 0.15) is 11.4 Å². The van der Waals surface area contributed by atoms with Crippen LogP contribution in [0.4, 0.5) is 4.79 Å². The number of hydrogen-bond acceptors (Lipinski definition) is 3. The van der Waals surface area contributed by atoms with E-state index >= 15 is 0 Å². The van der Waals surface area contributed by atoms with Crippen molar-refractivity contribution in [2.75, 3.05) is 13.7 Å². The number of urea groups is 1. The van der Waals surface area contributed by atoms with Gasteiger partial charge in [0.25, 0.3) is 5.91 Å². The molecule has 0 fully saturated rings. The summed E-state index contributed by atoms with van der Waals surface area (Å²) in [5.41, 5.74) is 2.72. The minimum absolute atomic E-state index is 0.0226. The summed E-state index contributed by atoms with van der Waals surface area (Å²) in [6.45, 7) is 1.92. The van der Waals surface area contributed by atoms with Crippen LogP contribution in [-0.4, -0.2) is 41.1 Å². The number of nitrogens with zero attached hydrogens (tertiary/aromatic N) is 2. The summed E-state index contributed by atoms with van der Waals surface area (Å²) in [5.74, 6) is 0.753. The third-order valence-corrected chi connectivity index (χ3v) is 5.46. The number of aromatic nitrogens is 1. The summed E-state index contributed by atoms with van der Waals surface area (Å²) < 4.78 is 7.10. The number of ether oxygens (including phenoxy) is 1. The van der Waals surface area contributed by atoms with E-state index in [1.165, 1.54) is 0 Å². The molecule has 3 amide bonds. The van der Waals surface area contributed by atoms with E-state index in [1.54, 1.807) is 7.11 Å². The van der Waals surface area contributed by atoms with Gasteiger partial charge < -0.3 is 24.8 Å². The number of nitrogens with one attached hydrogen (secondary N) is 2. The topological polar surface area (TPSA) is 75.6 Å². The Hall–Kier alpha value is -3.74. The summed E-state index contributed by atoms with van der Waals surface area (Å²) in [4.78, 5) is 27.3. The summed E-state index contributed by atoms with van der Waals surface area (Å²) >= 11 is 0. The summed E-state index contributed by atoms with van der Waals surface area (Å²) in [7, 11) is 1.62. The first-order valence-corrected chi connectivity index (χ1v) is 10.3. The Balaban J connectivity index is 1.37. The lowest BCUT2D eigenvalue weighted by Crippen LogP contribution is -2.53. The lowest BCUT2D eigenvalue weighted by Gasteiger charge is -2.37. The van der Waals surface area contributed by atoms with Gasteiger partial charge in [-0.1, -0.05) is 42.5 Å². The van der Waals surface area contributed by atoms with Crippen LogP contribution in [0, 0.1) is 0 Å². The minimum atomic E-state index is -0.263. The van der Waals surface area contributed by atoms with E-state index < -0.39 is 0 Å². The molecule has 1 aliphatic rings. The van der Waals surface area contributed by atoms with Crippen LogP contribution < -0.4 is 15.4 Å². The monoisotopic (exact) mass is 418 g/mol. The van der Waals surface area contributed by atoms with Crippen LogP contribution in [0.15, 0.2) is 72.9 Å². The zero-order chi connectivity index (χ0) is 21.6. The summed E-state index contributed by atoms with van der Waals surface area (Å²) in [6, 6.07) is 20.8. The predicted molar refractivity (Wildman–Crippen MR) is 118 cm³/mol. The lowest BCUT2D eigenvalue weighted by atomic mass is 10.1. The Bertz CT molecular complexity index is 1030. The molecule has 1 atom stereocenters. The zero-order valence-corrected chi connectivity index (χ0v) is 17.5. The van der Waals surface area contributed by atoms with Crippen molar-refractivity contribution in [2.24, 2.45) is 0 Å². The maximum Gasteiger partial charge on any atom is 0.315 e. The smallest absolute Gasteiger partial charge is 0.315 e. The van der Waals surface area contributed by atoms with E-state index in [9.17, 15) is 9.59 Å². The molecule has 2 N–H and O–H groups in total. The van der Waals surface area contributed by atoms with Crippen LogP contribution in [-0.2, 0) is 19.6 Å². The van der Waals surface area contributed by atoms with Crippen molar-refractivity contribution in [3.8, 4) is 5.75 Å². The molecule has 4 rings (SSSR count). The first-order chi connectivity index (χ1) is 15.1. The zero-order valence-electron chi connectivity index (χ0n) is 17.5. The van der Waals surface area contributed by atoms with E-state index in [1.807, 2.05) is 82.4 Å². The van der Waals surface area contributed by atoms with Crippen molar-refractivity contribution in [2.45, 2.75) is 25.7 Å². The van der Waals surface area contributed by atoms with Crippen molar-refractivity contribution in [3.05, 3.63) is 89.7 Å². The molecule has 7 heteroatoms. The maximum atomic E-state index is 13.1. The molecule has 0 spiro atoms. The van der Waals surface area contributed by atoms with Gasteiger partial charge in [-0.15, -0.1) is 0 Å². The van der Waals surface area contributed by atoms with E-state index in [4.69, 9.17) is 4.74 Å². The van der Waals surface area contributed by atoms with Crippen LogP contribution in [0.2, 0.25) is 0 Å². The number of fused-ring (bicyclic) bond motifs is 1. The van der Waals surface area contributed by atoms with Gasteiger partial charge in [-0.05, 0) is 35.4 Å². The quantitative estimate of drug-likeness (QED) is 0.619. The highest BCUT2D eigenvalue weighted by Gasteiger charge is 2.32. The Morgan fingerprint density at radius 3 is 2.52 bits per heavy atom. The molecule has 0 radical (unpaired) electrons. The first-order valence-electron chi connectivity index (χ1n) is 10.3.